The van der Waals surface area contributed by atoms with Gasteiger partial charge in [-0.1, -0.05) is 78.7 Å². The summed E-state index contributed by atoms with van der Waals surface area (Å²) < 4.78 is 18.9. The Morgan fingerprint density at radius 3 is 2.53 bits per heavy atom. The number of hydrogen-bond donors (Lipinski definition) is 1. The quantitative estimate of drug-likeness (QED) is 0.188. The summed E-state index contributed by atoms with van der Waals surface area (Å²) in [6, 6.07) is 20.1. The highest BCUT2D eigenvalue weighted by atomic mass is 35.5. The van der Waals surface area contributed by atoms with E-state index in [0.717, 1.165) is 34.1 Å². The molecule has 5 aromatic rings. The lowest BCUT2D eigenvalue weighted by Crippen LogP contribution is -2.40. The highest BCUT2D eigenvalue weighted by molar-refractivity contribution is 7.07. The topological polar surface area (TPSA) is 94.9 Å². The van der Waals surface area contributed by atoms with Crippen molar-refractivity contribution in [1.29, 1.82) is 0 Å². The normalized spacial score (nSPS) is 14.8. The maximum Gasteiger partial charge on any atom is 0.338 e. The van der Waals surface area contributed by atoms with Crippen LogP contribution in [0, 0.1) is 0 Å². The number of ether oxygens (including phenoxy) is 3. The van der Waals surface area contributed by atoms with Gasteiger partial charge in [0, 0.05) is 21.5 Å². The van der Waals surface area contributed by atoms with Crippen LogP contribution in [-0.2, 0) is 9.53 Å². The van der Waals surface area contributed by atoms with E-state index in [1.54, 1.807) is 43.9 Å². The van der Waals surface area contributed by atoms with Crippen LogP contribution in [-0.4, -0.2) is 36.3 Å². The summed E-state index contributed by atoms with van der Waals surface area (Å²) in [6.45, 7) is 3.95. The smallest absolute Gasteiger partial charge is 0.338 e. The molecule has 1 aliphatic heterocycles. The van der Waals surface area contributed by atoms with Crippen LogP contribution in [0.5, 0.6) is 11.5 Å². The van der Waals surface area contributed by atoms with Gasteiger partial charge in [-0.2, -0.15) is 0 Å². The summed E-state index contributed by atoms with van der Waals surface area (Å²) in [6.07, 6.45) is 3.16. The predicted octanol–water partition coefficient (Wildman–Crippen LogP) is 6.40. The number of allylic oxidation sites excluding steroid dienone is 1. The third kappa shape index (κ3) is 5.47. The van der Waals surface area contributed by atoms with Gasteiger partial charge in [0.1, 0.15) is 17.5 Å². The number of para-hydroxylation sites is 1. The monoisotopic (exact) mass is 641 g/mol. The Morgan fingerprint density at radius 1 is 1.04 bits per heavy atom. The number of halogens is 1. The van der Waals surface area contributed by atoms with Crippen molar-refractivity contribution in [1.82, 2.24) is 9.55 Å². The molecule has 6 rings (SSSR count). The number of hydrogen-bond acceptors (Lipinski definition) is 7. The van der Waals surface area contributed by atoms with E-state index >= 15 is 0 Å². The molecule has 0 saturated carbocycles. The van der Waals surface area contributed by atoms with Gasteiger partial charge < -0.3 is 19.2 Å². The number of H-pyrrole nitrogens is 1. The predicted molar refractivity (Wildman–Crippen MR) is 178 cm³/mol. The fraction of sp³-hybridized carbons (Fsp3) is 0.229. The number of fused-ring (bicyclic) bond motifs is 2. The van der Waals surface area contributed by atoms with Crippen molar-refractivity contribution in [2.45, 2.75) is 32.7 Å². The van der Waals surface area contributed by atoms with Gasteiger partial charge in [0.05, 0.1) is 47.8 Å². The number of nitrogens with one attached hydrogen (secondary N) is 1. The van der Waals surface area contributed by atoms with Gasteiger partial charge in [0.15, 0.2) is 4.80 Å². The van der Waals surface area contributed by atoms with Crippen molar-refractivity contribution in [3.63, 3.8) is 0 Å². The van der Waals surface area contributed by atoms with E-state index in [9.17, 15) is 9.59 Å². The van der Waals surface area contributed by atoms with Crippen LogP contribution in [0.3, 0.4) is 0 Å². The number of nitrogens with zero attached hydrogens (tertiary/aromatic N) is 2. The van der Waals surface area contributed by atoms with E-state index in [1.807, 2.05) is 61.5 Å². The number of aromatic amines is 1. The van der Waals surface area contributed by atoms with Crippen molar-refractivity contribution in [2.24, 2.45) is 4.99 Å². The summed E-state index contributed by atoms with van der Waals surface area (Å²) in [4.78, 5) is 37.0. The highest BCUT2D eigenvalue weighted by Gasteiger charge is 2.36. The molecule has 0 spiro atoms. The number of carbonyl (C=O) groups is 1. The molecule has 230 valence electrons. The zero-order valence-electron chi connectivity index (χ0n) is 25.3. The molecule has 3 heterocycles. The highest BCUT2D eigenvalue weighted by Crippen LogP contribution is 2.39. The zero-order valence-corrected chi connectivity index (χ0v) is 26.9. The standard InChI is InChI=1S/C35H32ClN3O5S/c1-5-11-25-29(34(41)44-6-2)32(24-18-21(36)16-17-26(24)42-3)39-33(40)28(45-35(39)37-25)19-23-22-14-10-15-27(43-4)31(22)38-30(23)20-12-8-7-9-13-20/h7-10,12-19,32,38H,5-6,11H2,1-4H3/b28-19+/t32-/m0/s1. The largest absolute Gasteiger partial charge is 0.496 e. The van der Waals surface area contributed by atoms with E-state index in [1.165, 1.54) is 11.3 Å². The second-order valence-electron chi connectivity index (χ2n) is 10.5. The number of benzene rings is 3. The minimum absolute atomic E-state index is 0.178. The molecule has 0 unspecified atom stereocenters. The maximum absolute atomic E-state index is 14.5. The van der Waals surface area contributed by atoms with Gasteiger partial charge >= 0.3 is 5.97 Å². The molecule has 10 heteroatoms. The first-order chi connectivity index (χ1) is 21.9. The molecule has 2 aromatic heterocycles. The molecule has 0 radical (unpaired) electrons. The average Bonchev–Trinajstić information content (AvgIpc) is 3.58. The van der Waals surface area contributed by atoms with Crippen LogP contribution in [0.4, 0.5) is 0 Å². The Morgan fingerprint density at radius 2 is 1.82 bits per heavy atom. The summed E-state index contributed by atoms with van der Waals surface area (Å²) >= 11 is 7.76. The van der Waals surface area contributed by atoms with Crippen LogP contribution < -0.4 is 24.4 Å². The minimum Gasteiger partial charge on any atom is -0.496 e. The molecule has 0 amide bonds. The molecule has 45 heavy (non-hydrogen) atoms. The van der Waals surface area contributed by atoms with E-state index in [2.05, 4.69) is 4.98 Å². The number of thiazole rings is 1. The second-order valence-corrected chi connectivity index (χ2v) is 11.9. The van der Waals surface area contributed by atoms with Gasteiger partial charge in [-0.3, -0.25) is 9.36 Å². The number of rotatable bonds is 9. The lowest BCUT2D eigenvalue weighted by Gasteiger charge is -2.27. The fourth-order valence-electron chi connectivity index (χ4n) is 5.83. The number of aromatic nitrogens is 2. The number of esters is 1. The molecule has 0 bridgehead atoms. The van der Waals surface area contributed by atoms with Gasteiger partial charge in [0.25, 0.3) is 5.56 Å². The Kier molecular flexibility index (Phi) is 8.65. The van der Waals surface area contributed by atoms with Crippen molar-refractivity contribution >= 4 is 45.9 Å². The minimum atomic E-state index is -0.852. The van der Waals surface area contributed by atoms with E-state index in [-0.39, 0.29) is 12.2 Å². The van der Waals surface area contributed by atoms with Crippen molar-refractivity contribution in [3.8, 4) is 22.8 Å². The zero-order chi connectivity index (χ0) is 31.7. The maximum atomic E-state index is 14.5. The summed E-state index contributed by atoms with van der Waals surface area (Å²) in [5.74, 6) is 0.664. The lowest BCUT2D eigenvalue weighted by atomic mass is 9.93. The first kappa shape index (κ1) is 30.4. The molecule has 3 aromatic carbocycles. The second kappa shape index (κ2) is 12.8. The molecular formula is C35H32ClN3O5S. The van der Waals surface area contributed by atoms with Crippen molar-refractivity contribution in [2.75, 3.05) is 20.8 Å². The van der Waals surface area contributed by atoms with Gasteiger partial charge in [-0.15, -0.1) is 0 Å². The van der Waals surface area contributed by atoms with E-state index in [4.69, 9.17) is 30.8 Å². The SMILES string of the molecule is CCCC1=C(C(=O)OCC)[C@H](c2cc(Cl)ccc2OC)n2c(s/c(=C/c3c(-c4ccccc4)[nH]c4c(OC)cccc34)c2=O)=N1. The first-order valence-electron chi connectivity index (χ1n) is 14.7. The molecule has 1 N–H and O–H groups in total. The summed E-state index contributed by atoms with van der Waals surface area (Å²) in [5, 5.41) is 1.36. The Balaban J connectivity index is 1.67. The van der Waals surface area contributed by atoms with Crippen LogP contribution >= 0.6 is 22.9 Å². The van der Waals surface area contributed by atoms with Gasteiger partial charge in [0.2, 0.25) is 0 Å². The van der Waals surface area contributed by atoms with Gasteiger partial charge in [-0.25, -0.2) is 9.79 Å². The number of carbonyl (C=O) groups excluding carboxylic acids is 1. The molecule has 0 fully saturated rings. The summed E-state index contributed by atoms with van der Waals surface area (Å²) in [7, 11) is 3.18. The van der Waals surface area contributed by atoms with E-state index < -0.39 is 12.0 Å². The average molecular weight is 642 g/mol. The molecule has 1 atom stereocenters. The van der Waals surface area contributed by atoms with Crippen LogP contribution in [0.1, 0.15) is 43.9 Å². The van der Waals surface area contributed by atoms with Crippen molar-refractivity contribution in [3.05, 3.63) is 114 Å². The molecule has 0 aliphatic carbocycles. The third-order valence-corrected chi connectivity index (χ3v) is 8.99. The van der Waals surface area contributed by atoms with Crippen LogP contribution in [0.15, 0.2) is 87.8 Å². The molecule has 0 saturated heterocycles. The molecule has 8 nitrogen and oxygen atoms in total. The summed E-state index contributed by atoms with van der Waals surface area (Å²) in [5.41, 5.74) is 4.66. The Labute approximate surface area is 268 Å². The molecular weight excluding hydrogens is 610 g/mol. The van der Waals surface area contributed by atoms with Gasteiger partial charge in [-0.05, 0) is 49.2 Å². The fourth-order valence-corrected chi connectivity index (χ4v) is 7.01. The number of methoxy groups -OCH3 is 2. The van der Waals surface area contributed by atoms with E-state index in [0.29, 0.717) is 49.1 Å². The molecule has 1 aliphatic rings. The Hall–Kier alpha value is -4.60. The Bertz CT molecular complexity index is 2130. The van der Waals surface area contributed by atoms with Crippen LogP contribution in [0.2, 0.25) is 5.02 Å². The lowest BCUT2D eigenvalue weighted by molar-refractivity contribution is -0.139. The third-order valence-electron chi connectivity index (χ3n) is 7.77. The van der Waals surface area contributed by atoms with Crippen LogP contribution in [0.25, 0.3) is 28.2 Å². The van der Waals surface area contributed by atoms with Crippen molar-refractivity contribution < 1.29 is 19.0 Å². The first-order valence-corrected chi connectivity index (χ1v) is 15.9.